The third-order valence-corrected chi connectivity index (χ3v) is 3.77. The summed E-state index contributed by atoms with van der Waals surface area (Å²) >= 11 is 0. The minimum Gasteiger partial charge on any atom is -0.322 e. The Hall–Kier alpha value is -3.28. The van der Waals surface area contributed by atoms with Gasteiger partial charge in [-0.05, 0) is 31.5 Å². The van der Waals surface area contributed by atoms with E-state index in [0.29, 0.717) is 5.95 Å². The first-order valence-electron chi connectivity index (χ1n) is 7.99. The van der Waals surface area contributed by atoms with Gasteiger partial charge in [-0.2, -0.15) is 0 Å². The molecule has 1 heterocycles. The number of guanidine groups is 1. The molecule has 0 saturated carbocycles. The molecule has 3 rings (SSSR count). The summed E-state index contributed by atoms with van der Waals surface area (Å²) in [6, 6.07) is 15.4. The van der Waals surface area contributed by atoms with Crippen molar-refractivity contribution in [2.75, 3.05) is 0 Å². The molecule has 0 aliphatic rings. The Balaban J connectivity index is 1.76. The Kier molecular flexibility index (Phi) is 4.70. The van der Waals surface area contributed by atoms with E-state index >= 15 is 0 Å². The zero-order valence-corrected chi connectivity index (χ0v) is 14.2. The number of aryl methyl sites for hydroxylation is 2. The number of nitrogens with zero attached hydrogens (tertiary/aromatic N) is 2. The van der Waals surface area contributed by atoms with Gasteiger partial charge in [0.15, 0.2) is 0 Å². The molecular weight excluding hydrogens is 314 g/mol. The third kappa shape index (κ3) is 4.17. The molecule has 1 amide bonds. The van der Waals surface area contributed by atoms with E-state index in [9.17, 15) is 4.79 Å². The second-order valence-electron chi connectivity index (χ2n) is 5.90. The molecule has 0 aliphatic carbocycles. The molecule has 126 valence electrons. The fourth-order valence-corrected chi connectivity index (χ4v) is 2.58. The molecule has 0 fully saturated rings. The van der Waals surface area contributed by atoms with Crippen LogP contribution in [-0.4, -0.2) is 21.8 Å². The fourth-order valence-electron chi connectivity index (χ4n) is 2.58. The van der Waals surface area contributed by atoms with Gasteiger partial charge >= 0.3 is 5.95 Å². The van der Waals surface area contributed by atoms with Crippen LogP contribution in [0.3, 0.4) is 0 Å². The first-order valence-corrected chi connectivity index (χ1v) is 7.99. The topological polar surface area (TPSA) is 94.9 Å². The molecule has 0 atom stereocenters. The Labute approximate surface area is 145 Å². The smallest absolute Gasteiger partial charge is 0.322 e. The minimum absolute atomic E-state index is 0.104. The SMILES string of the molecule is Cc1ccc2nc([NH+]=C(N)NC(=O)Cc3ccccc3)nc(C)c2c1. The van der Waals surface area contributed by atoms with Crippen molar-refractivity contribution < 1.29 is 9.79 Å². The molecule has 1 aromatic heterocycles. The van der Waals surface area contributed by atoms with Gasteiger partial charge in [-0.15, -0.1) is 9.97 Å². The summed E-state index contributed by atoms with van der Waals surface area (Å²) in [5, 5.41) is 3.62. The van der Waals surface area contributed by atoms with E-state index in [1.165, 1.54) is 0 Å². The highest BCUT2D eigenvalue weighted by Gasteiger charge is 2.11. The van der Waals surface area contributed by atoms with E-state index in [1.807, 2.05) is 62.4 Å². The number of benzene rings is 2. The number of rotatable bonds is 3. The Morgan fingerprint density at radius 1 is 1.12 bits per heavy atom. The maximum absolute atomic E-state index is 12.0. The van der Waals surface area contributed by atoms with Crippen LogP contribution in [0.15, 0.2) is 48.5 Å². The maximum Gasteiger partial charge on any atom is 0.354 e. The van der Waals surface area contributed by atoms with Gasteiger partial charge in [0, 0.05) is 5.39 Å². The lowest BCUT2D eigenvalue weighted by Gasteiger charge is -2.02. The summed E-state index contributed by atoms with van der Waals surface area (Å²) in [4.78, 5) is 23.7. The molecule has 0 spiro atoms. The highest BCUT2D eigenvalue weighted by molar-refractivity contribution is 5.94. The van der Waals surface area contributed by atoms with Crippen molar-refractivity contribution in [3.63, 3.8) is 0 Å². The summed E-state index contributed by atoms with van der Waals surface area (Å²) < 4.78 is 0. The summed E-state index contributed by atoms with van der Waals surface area (Å²) in [6.45, 7) is 3.94. The zero-order chi connectivity index (χ0) is 17.8. The van der Waals surface area contributed by atoms with Gasteiger partial charge in [-0.1, -0.05) is 42.0 Å². The fraction of sp³-hybridized carbons (Fsp3) is 0.158. The molecule has 0 unspecified atom stereocenters. The number of aromatic nitrogens is 2. The average Bonchev–Trinajstić information content (AvgIpc) is 2.56. The quantitative estimate of drug-likeness (QED) is 0.484. The molecule has 0 aliphatic heterocycles. The number of carbonyl (C=O) groups is 1. The summed E-state index contributed by atoms with van der Waals surface area (Å²) in [7, 11) is 0. The summed E-state index contributed by atoms with van der Waals surface area (Å²) in [6.07, 6.45) is 0.250. The molecule has 3 aromatic rings. The Morgan fingerprint density at radius 3 is 2.64 bits per heavy atom. The van der Waals surface area contributed by atoms with E-state index in [-0.39, 0.29) is 18.3 Å². The predicted molar refractivity (Wildman–Crippen MR) is 97.1 cm³/mol. The molecule has 0 bridgehead atoms. The van der Waals surface area contributed by atoms with Crippen LogP contribution >= 0.6 is 0 Å². The van der Waals surface area contributed by atoms with Gasteiger partial charge in [0.1, 0.15) is 5.52 Å². The van der Waals surface area contributed by atoms with Crippen LogP contribution < -0.4 is 16.0 Å². The lowest BCUT2D eigenvalue weighted by Crippen LogP contribution is -2.75. The van der Waals surface area contributed by atoms with Crippen molar-refractivity contribution in [2.24, 2.45) is 5.73 Å². The van der Waals surface area contributed by atoms with Gasteiger partial charge in [-0.25, -0.2) is 10.3 Å². The highest BCUT2D eigenvalue weighted by Crippen LogP contribution is 2.16. The van der Waals surface area contributed by atoms with Crippen molar-refractivity contribution in [2.45, 2.75) is 20.3 Å². The van der Waals surface area contributed by atoms with E-state index in [4.69, 9.17) is 5.73 Å². The molecular formula is C19H20N5O+. The summed E-state index contributed by atoms with van der Waals surface area (Å²) in [5.74, 6) is 0.252. The van der Waals surface area contributed by atoms with Crippen LogP contribution in [0.25, 0.3) is 10.9 Å². The highest BCUT2D eigenvalue weighted by atomic mass is 16.1. The lowest BCUT2D eigenvalue weighted by atomic mass is 10.1. The van der Waals surface area contributed by atoms with E-state index in [1.54, 1.807) is 0 Å². The number of carbonyl (C=O) groups excluding carboxylic acids is 1. The number of fused-ring (bicyclic) bond motifs is 1. The molecule has 4 N–H and O–H groups in total. The zero-order valence-electron chi connectivity index (χ0n) is 14.2. The number of hydrogen-bond acceptors (Lipinski definition) is 3. The number of hydrogen-bond donors (Lipinski definition) is 3. The van der Waals surface area contributed by atoms with Gasteiger partial charge < -0.3 is 5.73 Å². The van der Waals surface area contributed by atoms with Gasteiger partial charge in [0.2, 0.25) is 0 Å². The molecule has 0 radical (unpaired) electrons. The molecule has 6 heteroatoms. The molecule has 2 aromatic carbocycles. The van der Waals surface area contributed by atoms with Crippen LogP contribution in [0.1, 0.15) is 16.8 Å². The van der Waals surface area contributed by atoms with Crippen LogP contribution in [-0.2, 0) is 11.2 Å². The van der Waals surface area contributed by atoms with E-state index in [2.05, 4.69) is 20.3 Å². The van der Waals surface area contributed by atoms with Crippen LogP contribution in [0.4, 0.5) is 5.95 Å². The van der Waals surface area contributed by atoms with E-state index < -0.39 is 0 Å². The van der Waals surface area contributed by atoms with Crippen molar-refractivity contribution in [3.8, 4) is 0 Å². The number of nitrogens with one attached hydrogen (secondary N) is 2. The van der Waals surface area contributed by atoms with Gasteiger partial charge in [0.25, 0.3) is 11.9 Å². The standard InChI is InChI=1S/C19H19N5O/c1-12-8-9-16-15(10-12)13(2)21-19(22-16)24-18(20)23-17(25)11-14-6-4-3-5-7-14/h3-10H,11H2,1-2H3,(H3,20,21,22,23,24,25)/p+1. The Morgan fingerprint density at radius 2 is 1.88 bits per heavy atom. The number of nitrogens with two attached hydrogens (primary N) is 1. The first-order chi connectivity index (χ1) is 12.0. The largest absolute Gasteiger partial charge is 0.354 e. The summed E-state index contributed by atoms with van der Waals surface area (Å²) in [5.41, 5.74) is 9.61. The van der Waals surface area contributed by atoms with Crippen LogP contribution in [0, 0.1) is 13.8 Å². The maximum atomic E-state index is 12.0. The van der Waals surface area contributed by atoms with Crippen molar-refractivity contribution >= 4 is 28.7 Å². The second-order valence-corrected chi connectivity index (χ2v) is 5.90. The van der Waals surface area contributed by atoms with Crippen LogP contribution in [0.2, 0.25) is 0 Å². The van der Waals surface area contributed by atoms with Gasteiger partial charge in [-0.3, -0.25) is 4.79 Å². The van der Waals surface area contributed by atoms with Crippen molar-refractivity contribution in [1.29, 1.82) is 0 Å². The minimum atomic E-state index is -0.204. The van der Waals surface area contributed by atoms with Crippen molar-refractivity contribution in [3.05, 3.63) is 65.4 Å². The van der Waals surface area contributed by atoms with E-state index in [0.717, 1.165) is 27.7 Å². The second kappa shape index (κ2) is 7.09. The normalized spacial score (nSPS) is 11.5. The first kappa shape index (κ1) is 16.6. The molecule has 0 saturated heterocycles. The average molecular weight is 334 g/mol. The van der Waals surface area contributed by atoms with Crippen LogP contribution in [0.5, 0.6) is 0 Å². The third-order valence-electron chi connectivity index (χ3n) is 3.77. The van der Waals surface area contributed by atoms with Crippen molar-refractivity contribution in [1.82, 2.24) is 15.3 Å². The Bertz CT molecular complexity index is 951. The lowest BCUT2D eigenvalue weighted by molar-refractivity contribution is -0.367. The number of amides is 1. The molecule has 6 nitrogen and oxygen atoms in total. The monoisotopic (exact) mass is 334 g/mol. The predicted octanol–water partition coefficient (Wildman–Crippen LogP) is 0.632. The molecule has 25 heavy (non-hydrogen) atoms. The van der Waals surface area contributed by atoms with Gasteiger partial charge in [0.05, 0.1) is 12.1 Å².